The van der Waals surface area contributed by atoms with E-state index < -0.39 is 0 Å². The topological polar surface area (TPSA) is 60.3 Å². The van der Waals surface area contributed by atoms with E-state index in [1.54, 1.807) is 30.3 Å². The van der Waals surface area contributed by atoms with Crippen molar-refractivity contribution in [3.05, 3.63) is 70.5 Å². The van der Waals surface area contributed by atoms with Crippen molar-refractivity contribution < 1.29 is 9.53 Å². The maximum Gasteiger partial charge on any atom is 0.251 e. The van der Waals surface area contributed by atoms with E-state index >= 15 is 0 Å². The van der Waals surface area contributed by atoms with Crippen molar-refractivity contribution in [2.75, 3.05) is 11.9 Å². The summed E-state index contributed by atoms with van der Waals surface area (Å²) in [5, 5.41) is 3.78. The van der Waals surface area contributed by atoms with Crippen LogP contribution in [-0.2, 0) is 11.3 Å². The molecule has 3 rings (SSSR count). The molecular formula is C20H20N2O3. The average Bonchev–Trinajstić information content (AvgIpc) is 2.60. The zero-order chi connectivity index (χ0) is 17.8. The third-order valence-corrected chi connectivity index (χ3v) is 3.98. The molecule has 0 bridgehead atoms. The summed E-state index contributed by atoms with van der Waals surface area (Å²) in [5.41, 5.74) is 2.15. The van der Waals surface area contributed by atoms with Crippen molar-refractivity contribution in [3.8, 4) is 5.75 Å². The lowest BCUT2D eigenvalue weighted by atomic mass is 10.1. The van der Waals surface area contributed by atoms with Crippen LogP contribution in [-0.4, -0.2) is 17.1 Å². The SMILES string of the molecule is CCOc1ccc(NC(=O)Cn2c(=O)cc(C)c3ccccc32)cc1. The monoisotopic (exact) mass is 336 g/mol. The molecule has 2 aromatic carbocycles. The molecule has 0 aliphatic heterocycles. The number of fused-ring (bicyclic) bond motifs is 1. The molecule has 5 nitrogen and oxygen atoms in total. The molecule has 25 heavy (non-hydrogen) atoms. The van der Waals surface area contributed by atoms with Crippen molar-refractivity contribution in [2.24, 2.45) is 0 Å². The lowest BCUT2D eigenvalue weighted by molar-refractivity contribution is -0.116. The molecule has 0 saturated heterocycles. The lowest BCUT2D eigenvalue weighted by Gasteiger charge is -2.12. The number of hydrogen-bond donors (Lipinski definition) is 1. The summed E-state index contributed by atoms with van der Waals surface area (Å²) in [4.78, 5) is 24.7. The molecule has 5 heteroatoms. The van der Waals surface area contributed by atoms with Crippen molar-refractivity contribution in [1.82, 2.24) is 4.57 Å². The summed E-state index contributed by atoms with van der Waals surface area (Å²) >= 11 is 0. The minimum absolute atomic E-state index is 0.0349. The van der Waals surface area contributed by atoms with E-state index in [0.29, 0.717) is 12.3 Å². The molecule has 1 aromatic heterocycles. The van der Waals surface area contributed by atoms with Crippen molar-refractivity contribution in [1.29, 1.82) is 0 Å². The highest BCUT2D eigenvalue weighted by Crippen LogP contribution is 2.17. The van der Waals surface area contributed by atoms with Gasteiger partial charge >= 0.3 is 0 Å². The van der Waals surface area contributed by atoms with Gasteiger partial charge in [0, 0.05) is 17.1 Å². The number of ether oxygens (including phenoxy) is 1. The molecule has 128 valence electrons. The molecule has 0 unspecified atom stereocenters. The second-order valence-corrected chi connectivity index (χ2v) is 5.77. The molecule has 0 fully saturated rings. The maximum atomic E-state index is 12.4. The normalized spacial score (nSPS) is 10.6. The van der Waals surface area contributed by atoms with Crippen LogP contribution in [0.15, 0.2) is 59.4 Å². The molecular weight excluding hydrogens is 316 g/mol. The van der Waals surface area contributed by atoms with Gasteiger partial charge in [-0.05, 0) is 49.7 Å². The minimum Gasteiger partial charge on any atom is -0.494 e. The van der Waals surface area contributed by atoms with Gasteiger partial charge in [-0.3, -0.25) is 14.2 Å². The molecule has 1 heterocycles. The number of amides is 1. The number of rotatable bonds is 5. The van der Waals surface area contributed by atoms with Crippen molar-refractivity contribution >= 4 is 22.5 Å². The van der Waals surface area contributed by atoms with Gasteiger partial charge < -0.3 is 10.1 Å². The van der Waals surface area contributed by atoms with Crippen LogP contribution in [0.3, 0.4) is 0 Å². The standard InChI is InChI=1S/C20H20N2O3/c1-3-25-16-10-8-15(9-11-16)21-19(23)13-22-18-7-5-4-6-17(18)14(2)12-20(22)24/h4-12H,3,13H2,1-2H3,(H,21,23). The molecule has 1 N–H and O–H groups in total. The Hall–Kier alpha value is -3.08. The number of hydrogen-bond acceptors (Lipinski definition) is 3. The number of aromatic nitrogens is 1. The van der Waals surface area contributed by atoms with E-state index in [4.69, 9.17) is 4.74 Å². The minimum atomic E-state index is -0.250. The third-order valence-electron chi connectivity index (χ3n) is 3.98. The van der Waals surface area contributed by atoms with Crippen LogP contribution in [0.2, 0.25) is 0 Å². The van der Waals surface area contributed by atoms with Gasteiger partial charge in [0.05, 0.1) is 12.1 Å². The van der Waals surface area contributed by atoms with Crippen molar-refractivity contribution in [3.63, 3.8) is 0 Å². The predicted octanol–water partition coefficient (Wildman–Crippen LogP) is 3.35. The number of carbonyl (C=O) groups excluding carboxylic acids is 1. The molecule has 0 saturated carbocycles. The Balaban J connectivity index is 1.81. The highest BCUT2D eigenvalue weighted by molar-refractivity contribution is 5.92. The van der Waals surface area contributed by atoms with Gasteiger partial charge in [0.2, 0.25) is 5.91 Å². The molecule has 1 amide bonds. The summed E-state index contributed by atoms with van der Waals surface area (Å²) in [5.74, 6) is 0.501. The van der Waals surface area contributed by atoms with Crippen LogP contribution < -0.4 is 15.6 Å². The van der Waals surface area contributed by atoms with E-state index in [-0.39, 0.29) is 18.0 Å². The van der Waals surface area contributed by atoms with Gasteiger partial charge in [-0.15, -0.1) is 0 Å². The summed E-state index contributed by atoms with van der Waals surface area (Å²) in [6.07, 6.45) is 0. The lowest BCUT2D eigenvalue weighted by Crippen LogP contribution is -2.27. The first-order chi connectivity index (χ1) is 12.1. The molecule has 0 aliphatic rings. The van der Waals surface area contributed by atoms with E-state index in [2.05, 4.69) is 5.32 Å². The number of benzene rings is 2. The molecule has 0 atom stereocenters. The highest BCUT2D eigenvalue weighted by atomic mass is 16.5. The Bertz CT molecular complexity index is 959. The molecule has 0 radical (unpaired) electrons. The zero-order valence-electron chi connectivity index (χ0n) is 14.3. The fraction of sp³-hybridized carbons (Fsp3) is 0.200. The van der Waals surface area contributed by atoms with Crippen LogP contribution in [0.1, 0.15) is 12.5 Å². The summed E-state index contributed by atoms with van der Waals surface area (Å²) in [6, 6.07) is 16.3. The van der Waals surface area contributed by atoms with E-state index in [1.165, 1.54) is 4.57 Å². The Kier molecular flexibility index (Phi) is 4.84. The van der Waals surface area contributed by atoms with Gasteiger partial charge in [0.25, 0.3) is 5.56 Å². The molecule has 0 aliphatic carbocycles. The Labute approximate surface area is 145 Å². The summed E-state index contributed by atoms with van der Waals surface area (Å²) in [7, 11) is 0. The second-order valence-electron chi connectivity index (χ2n) is 5.77. The fourth-order valence-corrected chi connectivity index (χ4v) is 2.81. The number of para-hydroxylation sites is 1. The average molecular weight is 336 g/mol. The number of pyridine rings is 1. The van der Waals surface area contributed by atoms with E-state index in [0.717, 1.165) is 22.2 Å². The van der Waals surface area contributed by atoms with Crippen molar-refractivity contribution in [2.45, 2.75) is 20.4 Å². The van der Waals surface area contributed by atoms with Gasteiger partial charge in [0.15, 0.2) is 0 Å². The first kappa shape index (κ1) is 16.8. The number of nitrogens with one attached hydrogen (secondary N) is 1. The fourth-order valence-electron chi connectivity index (χ4n) is 2.81. The Morgan fingerprint density at radius 3 is 2.56 bits per heavy atom. The summed E-state index contributed by atoms with van der Waals surface area (Å²) in [6.45, 7) is 4.37. The van der Waals surface area contributed by atoms with Crippen LogP contribution in [0.4, 0.5) is 5.69 Å². The van der Waals surface area contributed by atoms with Gasteiger partial charge in [-0.2, -0.15) is 0 Å². The first-order valence-corrected chi connectivity index (χ1v) is 8.20. The van der Waals surface area contributed by atoms with Crippen LogP contribution in [0.25, 0.3) is 10.9 Å². The smallest absolute Gasteiger partial charge is 0.251 e. The van der Waals surface area contributed by atoms with E-state index in [1.807, 2.05) is 38.1 Å². The number of aryl methyl sites for hydroxylation is 1. The maximum absolute atomic E-state index is 12.4. The van der Waals surface area contributed by atoms with Gasteiger partial charge in [0.1, 0.15) is 12.3 Å². The largest absolute Gasteiger partial charge is 0.494 e. The van der Waals surface area contributed by atoms with Gasteiger partial charge in [-0.25, -0.2) is 0 Å². The quantitative estimate of drug-likeness (QED) is 0.777. The second kappa shape index (κ2) is 7.21. The van der Waals surface area contributed by atoms with Crippen LogP contribution in [0, 0.1) is 6.92 Å². The molecule has 0 spiro atoms. The molecule has 3 aromatic rings. The number of nitrogens with zero attached hydrogens (tertiary/aromatic N) is 1. The third kappa shape index (κ3) is 3.71. The predicted molar refractivity (Wildman–Crippen MR) is 99.2 cm³/mol. The zero-order valence-corrected chi connectivity index (χ0v) is 14.3. The number of carbonyl (C=O) groups is 1. The number of anilines is 1. The van der Waals surface area contributed by atoms with E-state index in [9.17, 15) is 9.59 Å². The Morgan fingerprint density at radius 1 is 1.12 bits per heavy atom. The summed E-state index contributed by atoms with van der Waals surface area (Å²) < 4.78 is 6.87. The van der Waals surface area contributed by atoms with Crippen LogP contribution in [0.5, 0.6) is 5.75 Å². The van der Waals surface area contributed by atoms with Crippen LogP contribution >= 0.6 is 0 Å². The first-order valence-electron chi connectivity index (χ1n) is 8.20. The highest BCUT2D eigenvalue weighted by Gasteiger charge is 2.10. The Morgan fingerprint density at radius 2 is 1.84 bits per heavy atom. The van der Waals surface area contributed by atoms with Gasteiger partial charge in [-0.1, -0.05) is 18.2 Å².